The van der Waals surface area contributed by atoms with Crippen LogP contribution in [0.5, 0.6) is 0 Å². The van der Waals surface area contributed by atoms with E-state index in [1.807, 2.05) is 11.8 Å². The molecule has 104 valence electrons. The third-order valence-corrected chi connectivity index (χ3v) is 4.72. The highest BCUT2D eigenvalue weighted by molar-refractivity contribution is 7.99. The lowest BCUT2D eigenvalue weighted by atomic mass is 9.94. The topological polar surface area (TPSA) is 81.1 Å². The Morgan fingerprint density at radius 3 is 2.89 bits per heavy atom. The van der Waals surface area contributed by atoms with Gasteiger partial charge < -0.3 is 16.8 Å². The van der Waals surface area contributed by atoms with Gasteiger partial charge in [0.25, 0.3) is 5.91 Å². The molecule has 1 saturated carbocycles. The highest BCUT2D eigenvalue weighted by atomic mass is 32.2. The second kappa shape index (κ2) is 6.19. The Labute approximate surface area is 118 Å². The first-order valence-corrected chi connectivity index (χ1v) is 7.87. The van der Waals surface area contributed by atoms with Crippen LogP contribution in [0, 0.1) is 0 Å². The van der Waals surface area contributed by atoms with Crippen LogP contribution >= 0.6 is 11.8 Å². The first kappa shape index (κ1) is 14.1. The molecule has 1 fully saturated rings. The van der Waals surface area contributed by atoms with Crippen molar-refractivity contribution in [2.24, 2.45) is 5.73 Å². The quantitative estimate of drug-likeness (QED) is 0.739. The molecule has 1 aromatic rings. The lowest BCUT2D eigenvalue weighted by molar-refractivity contribution is 0.100. The van der Waals surface area contributed by atoms with Gasteiger partial charge in [-0.2, -0.15) is 11.8 Å². The maximum atomic E-state index is 11.4. The van der Waals surface area contributed by atoms with Gasteiger partial charge in [-0.3, -0.25) is 4.79 Å². The summed E-state index contributed by atoms with van der Waals surface area (Å²) in [6.45, 7) is 0. The van der Waals surface area contributed by atoms with Crippen molar-refractivity contribution in [3.05, 3.63) is 23.8 Å². The van der Waals surface area contributed by atoms with E-state index < -0.39 is 5.91 Å². The highest BCUT2D eigenvalue weighted by Gasteiger charge is 2.22. The normalized spacial score (nSPS) is 23.0. The third kappa shape index (κ3) is 3.56. The van der Waals surface area contributed by atoms with Crippen molar-refractivity contribution < 1.29 is 4.79 Å². The van der Waals surface area contributed by atoms with Crippen LogP contribution in [0.2, 0.25) is 0 Å². The molecule has 2 rings (SSSR count). The maximum absolute atomic E-state index is 11.4. The van der Waals surface area contributed by atoms with Gasteiger partial charge in [-0.05, 0) is 43.7 Å². The molecule has 1 aliphatic rings. The summed E-state index contributed by atoms with van der Waals surface area (Å²) in [6.07, 6.45) is 6.90. The fourth-order valence-corrected chi connectivity index (χ4v) is 3.43. The molecule has 0 radical (unpaired) electrons. The van der Waals surface area contributed by atoms with E-state index in [-0.39, 0.29) is 0 Å². The van der Waals surface area contributed by atoms with E-state index in [4.69, 9.17) is 11.5 Å². The summed E-state index contributed by atoms with van der Waals surface area (Å²) in [5, 5.41) is 4.14. The molecule has 2 atom stereocenters. The molecule has 5 N–H and O–H groups in total. The van der Waals surface area contributed by atoms with Gasteiger partial charge >= 0.3 is 0 Å². The predicted molar refractivity (Wildman–Crippen MR) is 82.6 cm³/mol. The van der Waals surface area contributed by atoms with E-state index in [1.54, 1.807) is 18.2 Å². The van der Waals surface area contributed by atoms with Crippen LogP contribution in [0.4, 0.5) is 11.4 Å². The Bertz CT molecular complexity index is 464. The van der Waals surface area contributed by atoms with Crippen LogP contribution in [0.25, 0.3) is 0 Å². The minimum Gasteiger partial charge on any atom is -0.399 e. The lowest BCUT2D eigenvalue weighted by Crippen LogP contribution is -2.29. The fraction of sp³-hybridized carbons (Fsp3) is 0.500. The molecule has 1 aromatic carbocycles. The van der Waals surface area contributed by atoms with Gasteiger partial charge in [0, 0.05) is 22.7 Å². The van der Waals surface area contributed by atoms with Crippen molar-refractivity contribution in [2.75, 3.05) is 17.3 Å². The number of primary amides is 1. The van der Waals surface area contributed by atoms with Crippen LogP contribution in [0.3, 0.4) is 0 Å². The van der Waals surface area contributed by atoms with Crippen LogP contribution in [-0.2, 0) is 0 Å². The third-order valence-electron chi connectivity index (χ3n) is 3.63. The van der Waals surface area contributed by atoms with E-state index in [0.29, 0.717) is 22.5 Å². The van der Waals surface area contributed by atoms with Crippen LogP contribution in [-0.4, -0.2) is 23.5 Å². The highest BCUT2D eigenvalue weighted by Crippen LogP contribution is 2.30. The smallest absolute Gasteiger partial charge is 0.250 e. The molecule has 0 bridgehead atoms. The number of benzene rings is 1. The molecule has 5 heteroatoms. The summed E-state index contributed by atoms with van der Waals surface area (Å²) < 4.78 is 0. The van der Waals surface area contributed by atoms with Gasteiger partial charge in [0.2, 0.25) is 0 Å². The van der Waals surface area contributed by atoms with Gasteiger partial charge in [0.1, 0.15) is 0 Å². The molecule has 0 spiro atoms. The van der Waals surface area contributed by atoms with Gasteiger partial charge in [0.05, 0.1) is 5.56 Å². The Morgan fingerprint density at radius 1 is 1.42 bits per heavy atom. The minimum atomic E-state index is -0.417. The van der Waals surface area contributed by atoms with Crippen molar-refractivity contribution >= 4 is 29.0 Å². The number of carbonyl (C=O) groups is 1. The summed E-state index contributed by atoms with van der Waals surface area (Å²) >= 11 is 1.92. The second-order valence-electron chi connectivity index (χ2n) is 5.03. The first-order valence-electron chi connectivity index (χ1n) is 6.59. The molecule has 0 heterocycles. The molecule has 0 aromatic heterocycles. The average Bonchev–Trinajstić information content (AvgIpc) is 2.38. The van der Waals surface area contributed by atoms with Gasteiger partial charge in [-0.15, -0.1) is 0 Å². The number of amides is 1. The zero-order valence-corrected chi connectivity index (χ0v) is 12.0. The monoisotopic (exact) mass is 279 g/mol. The summed E-state index contributed by atoms with van der Waals surface area (Å²) in [7, 11) is 0. The molecule has 0 aliphatic heterocycles. The summed E-state index contributed by atoms with van der Waals surface area (Å²) in [6, 6.07) is 5.58. The van der Waals surface area contributed by atoms with Crippen LogP contribution in [0.1, 0.15) is 36.0 Å². The molecular formula is C14H21N3OS. The maximum Gasteiger partial charge on any atom is 0.250 e. The number of hydrogen-bond donors (Lipinski definition) is 3. The van der Waals surface area contributed by atoms with Crippen molar-refractivity contribution in [1.29, 1.82) is 0 Å². The summed E-state index contributed by atoms with van der Waals surface area (Å²) in [5.74, 6) is -0.417. The molecule has 19 heavy (non-hydrogen) atoms. The number of nitrogens with one attached hydrogen (secondary N) is 1. The number of rotatable bonds is 4. The number of thioether (sulfide) groups is 1. The zero-order valence-electron chi connectivity index (χ0n) is 11.2. The van der Waals surface area contributed by atoms with E-state index in [9.17, 15) is 4.79 Å². The number of anilines is 2. The average molecular weight is 279 g/mol. The number of nitrogens with two attached hydrogens (primary N) is 2. The molecule has 1 amide bonds. The van der Waals surface area contributed by atoms with Gasteiger partial charge in [-0.25, -0.2) is 0 Å². The van der Waals surface area contributed by atoms with Crippen molar-refractivity contribution in [3.63, 3.8) is 0 Å². The summed E-state index contributed by atoms with van der Waals surface area (Å²) in [4.78, 5) is 11.4. The van der Waals surface area contributed by atoms with E-state index in [0.717, 1.165) is 18.5 Å². The largest absolute Gasteiger partial charge is 0.399 e. The van der Waals surface area contributed by atoms with Crippen molar-refractivity contribution in [3.8, 4) is 0 Å². The minimum absolute atomic E-state index is 0.395. The van der Waals surface area contributed by atoms with Crippen molar-refractivity contribution in [2.45, 2.75) is 37.0 Å². The standard InChI is InChI=1S/C14H21N3OS/c1-19-11-4-2-3-10(8-11)17-13-7-9(15)5-6-12(13)14(16)18/h5-7,10-11,17H,2-4,8,15H2,1H3,(H2,16,18). The van der Waals surface area contributed by atoms with Crippen LogP contribution in [0.15, 0.2) is 18.2 Å². The Balaban J connectivity index is 2.13. The summed E-state index contributed by atoms with van der Waals surface area (Å²) in [5.41, 5.74) is 13.1. The van der Waals surface area contributed by atoms with Gasteiger partial charge in [0.15, 0.2) is 0 Å². The number of nitrogen functional groups attached to an aromatic ring is 1. The zero-order chi connectivity index (χ0) is 13.8. The molecule has 0 saturated heterocycles. The molecular weight excluding hydrogens is 258 g/mol. The van der Waals surface area contributed by atoms with Gasteiger partial charge in [-0.1, -0.05) is 6.42 Å². The number of carbonyl (C=O) groups excluding carboxylic acids is 1. The Morgan fingerprint density at radius 2 is 2.21 bits per heavy atom. The Hall–Kier alpha value is -1.36. The lowest BCUT2D eigenvalue weighted by Gasteiger charge is -2.30. The van der Waals surface area contributed by atoms with Crippen LogP contribution < -0.4 is 16.8 Å². The first-order chi connectivity index (χ1) is 9.10. The van der Waals surface area contributed by atoms with E-state index in [1.165, 1.54) is 12.8 Å². The molecule has 4 nitrogen and oxygen atoms in total. The Kier molecular flexibility index (Phi) is 4.58. The van der Waals surface area contributed by atoms with E-state index >= 15 is 0 Å². The fourth-order valence-electron chi connectivity index (χ4n) is 2.61. The van der Waals surface area contributed by atoms with E-state index in [2.05, 4.69) is 11.6 Å². The SMILES string of the molecule is CSC1CCCC(Nc2cc(N)ccc2C(N)=O)C1. The second-order valence-corrected chi connectivity index (χ2v) is 6.17. The van der Waals surface area contributed by atoms with Crippen molar-refractivity contribution in [1.82, 2.24) is 0 Å². The molecule has 1 aliphatic carbocycles. The molecule has 2 unspecified atom stereocenters. The number of hydrogen-bond acceptors (Lipinski definition) is 4. The predicted octanol–water partition coefficient (Wildman–Crippen LogP) is 2.45.